The van der Waals surface area contributed by atoms with Crippen LogP contribution in [0.5, 0.6) is 0 Å². The highest BCUT2D eigenvalue weighted by molar-refractivity contribution is 7.89. The third kappa shape index (κ3) is 3.66. The van der Waals surface area contributed by atoms with E-state index in [1.807, 2.05) is 6.92 Å². The quantitative estimate of drug-likeness (QED) is 0.612. The van der Waals surface area contributed by atoms with Crippen molar-refractivity contribution in [3.8, 4) is 0 Å². The molecular formula is C11H23N3O3S. The second-order valence-electron chi connectivity index (χ2n) is 4.99. The summed E-state index contributed by atoms with van der Waals surface area (Å²) in [5.41, 5.74) is 5.37. The molecule has 1 fully saturated rings. The van der Waals surface area contributed by atoms with Crippen molar-refractivity contribution in [2.45, 2.75) is 39.2 Å². The summed E-state index contributed by atoms with van der Waals surface area (Å²) >= 11 is 0. The minimum Gasteiger partial charge on any atom is -0.355 e. The predicted molar refractivity (Wildman–Crippen MR) is 70.4 cm³/mol. The Morgan fingerprint density at radius 1 is 1.50 bits per heavy atom. The summed E-state index contributed by atoms with van der Waals surface area (Å²) in [5, 5.41) is 2.67. The Morgan fingerprint density at radius 2 is 2.17 bits per heavy atom. The zero-order valence-corrected chi connectivity index (χ0v) is 11.8. The summed E-state index contributed by atoms with van der Waals surface area (Å²) in [4.78, 5) is 12.0. The van der Waals surface area contributed by atoms with Gasteiger partial charge in [-0.25, -0.2) is 13.1 Å². The molecule has 0 spiro atoms. The van der Waals surface area contributed by atoms with E-state index in [0.717, 1.165) is 19.3 Å². The number of sulfonamides is 1. The lowest BCUT2D eigenvalue weighted by Crippen LogP contribution is -2.48. The second kappa shape index (κ2) is 5.99. The van der Waals surface area contributed by atoms with E-state index in [1.54, 1.807) is 6.92 Å². The molecule has 4 N–H and O–H groups in total. The highest BCUT2D eigenvalue weighted by Gasteiger charge is 2.42. The lowest BCUT2D eigenvalue weighted by molar-refractivity contribution is -0.130. The first kappa shape index (κ1) is 15.4. The molecule has 7 heteroatoms. The first-order valence-corrected chi connectivity index (χ1v) is 7.98. The fourth-order valence-corrected chi connectivity index (χ4v) is 3.22. The van der Waals surface area contributed by atoms with Crippen LogP contribution in [0.3, 0.4) is 0 Å². The average Bonchev–Trinajstić information content (AvgIpc) is 2.60. The van der Waals surface area contributed by atoms with Crippen molar-refractivity contribution < 1.29 is 13.2 Å². The molecule has 1 aliphatic rings. The van der Waals surface area contributed by atoms with Crippen molar-refractivity contribution in [3.63, 3.8) is 0 Å². The topological polar surface area (TPSA) is 101 Å². The smallest absolute Gasteiger partial charge is 0.227 e. The molecule has 0 radical (unpaired) electrons. The number of hydrogen-bond donors (Lipinski definition) is 3. The van der Waals surface area contributed by atoms with E-state index in [4.69, 9.17) is 5.73 Å². The van der Waals surface area contributed by atoms with Crippen molar-refractivity contribution in [1.29, 1.82) is 0 Å². The van der Waals surface area contributed by atoms with E-state index in [1.165, 1.54) is 0 Å². The number of rotatable bonds is 6. The molecule has 0 saturated heterocycles. The lowest BCUT2D eigenvalue weighted by Gasteiger charge is -2.27. The van der Waals surface area contributed by atoms with E-state index < -0.39 is 15.4 Å². The standard InChI is InChI=1S/C11H23N3O3S/c1-3-14-18(16,17)8-7-13-10(15)11(2)6-4-5-9(11)12/h9,14H,3-8,12H2,1-2H3,(H,13,15). The van der Waals surface area contributed by atoms with Crippen LogP contribution in [0.1, 0.15) is 33.1 Å². The first-order valence-electron chi connectivity index (χ1n) is 6.33. The van der Waals surface area contributed by atoms with Gasteiger partial charge in [-0.3, -0.25) is 4.79 Å². The first-order chi connectivity index (χ1) is 8.32. The van der Waals surface area contributed by atoms with Gasteiger partial charge in [0.25, 0.3) is 0 Å². The highest BCUT2D eigenvalue weighted by Crippen LogP contribution is 2.36. The monoisotopic (exact) mass is 277 g/mol. The van der Waals surface area contributed by atoms with Gasteiger partial charge in [0.05, 0.1) is 11.2 Å². The molecule has 0 aromatic rings. The summed E-state index contributed by atoms with van der Waals surface area (Å²) in [6.07, 6.45) is 2.56. The maximum absolute atomic E-state index is 12.0. The van der Waals surface area contributed by atoms with Gasteiger partial charge in [-0.05, 0) is 19.8 Å². The normalized spacial score (nSPS) is 28.3. The van der Waals surface area contributed by atoms with Gasteiger partial charge in [-0.1, -0.05) is 13.3 Å². The maximum Gasteiger partial charge on any atom is 0.227 e. The molecule has 1 saturated carbocycles. The summed E-state index contributed by atoms with van der Waals surface area (Å²) in [6, 6.07) is -0.136. The molecule has 1 aliphatic carbocycles. The Bertz CT molecular complexity index is 396. The molecule has 6 nitrogen and oxygen atoms in total. The number of carbonyl (C=O) groups is 1. The molecular weight excluding hydrogens is 254 g/mol. The fourth-order valence-electron chi connectivity index (χ4n) is 2.27. The van der Waals surface area contributed by atoms with E-state index in [-0.39, 0.29) is 24.2 Å². The zero-order chi connectivity index (χ0) is 13.8. The lowest BCUT2D eigenvalue weighted by atomic mass is 9.84. The predicted octanol–water partition coefficient (Wildman–Crippen LogP) is -0.441. The molecule has 1 amide bonds. The van der Waals surface area contributed by atoms with Crippen molar-refractivity contribution in [3.05, 3.63) is 0 Å². The van der Waals surface area contributed by atoms with Gasteiger partial charge in [0.15, 0.2) is 0 Å². The van der Waals surface area contributed by atoms with Crippen LogP contribution in [-0.4, -0.2) is 39.2 Å². The Balaban J connectivity index is 2.43. The molecule has 106 valence electrons. The van der Waals surface area contributed by atoms with Gasteiger partial charge in [0, 0.05) is 19.1 Å². The van der Waals surface area contributed by atoms with Gasteiger partial charge < -0.3 is 11.1 Å². The maximum atomic E-state index is 12.0. The zero-order valence-electron chi connectivity index (χ0n) is 11.0. The summed E-state index contributed by atoms with van der Waals surface area (Å²) < 4.78 is 25.2. The van der Waals surface area contributed by atoms with Gasteiger partial charge in [0.1, 0.15) is 0 Å². The van der Waals surface area contributed by atoms with E-state index in [9.17, 15) is 13.2 Å². The molecule has 2 unspecified atom stereocenters. The van der Waals surface area contributed by atoms with Crippen LogP contribution < -0.4 is 15.8 Å². The number of amides is 1. The number of carbonyl (C=O) groups excluding carboxylic acids is 1. The third-order valence-corrected chi connectivity index (χ3v) is 5.04. The molecule has 0 aromatic heterocycles. The van der Waals surface area contributed by atoms with Crippen LogP contribution in [0.4, 0.5) is 0 Å². The Hall–Kier alpha value is -0.660. The summed E-state index contributed by atoms with van der Waals surface area (Å²) in [5.74, 6) is -0.239. The largest absolute Gasteiger partial charge is 0.355 e. The molecule has 0 bridgehead atoms. The van der Waals surface area contributed by atoms with Gasteiger partial charge >= 0.3 is 0 Å². The Kier molecular flexibility index (Phi) is 5.12. The Labute approximate surface area is 109 Å². The van der Waals surface area contributed by atoms with Gasteiger partial charge in [-0.2, -0.15) is 0 Å². The van der Waals surface area contributed by atoms with E-state index in [2.05, 4.69) is 10.0 Å². The van der Waals surface area contributed by atoms with Crippen molar-refractivity contribution in [2.75, 3.05) is 18.8 Å². The van der Waals surface area contributed by atoms with Crippen molar-refractivity contribution >= 4 is 15.9 Å². The van der Waals surface area contributed by atoms with Crippen LogP contribution in [0.25, 0.3) is 0 Å². The summed E-state index contributed by atoms with van der Waals surface area (Å²) in [6.45, 7) is 4.04. The van der Waals surface area contributed by atoms with Crippen LogP contribution in [0, 0.1) is 5.41 Å². The average molecular weight is 277 g/mol. The van der Waals surface area contributed by atoms with Crippen LogP contribution in [-0.2, 0) is 14.8 Å². The minimum absolute atomic E-state index is 0.0993. The van der Waals surface area contributed by atoms with E-state index in [0.29, 0.717) is 6.54 Å². The summed E-state index contributed by atoms with van der Waals surface area (Å²) in [7, 11) is -3.28. The van der Waals surface area contributed by atoms with E-state index >= 15 is 0 Å². The number of hydrogen-bond acceptors (Lipinski definition) is 4. The fraction of sp³-hybridized carbons (Fsp3) is 0.909. The van der Waals surface area contributed by atoms with Crippen molar-refractivity contribution in [2.24, 2.45) is 11.1 Å². The number of nitrogens with one attached hydrogen (secondary N) is 2. The highest BCUT2D eigenvalue weighted by atomic mass is 32.2. The van der Waals surface area contributed by atoms with Crippen LogP contribution in [0.15, 0.2) is 0 Å². The molecule has 0 heterocycles. The Morgan fingerprint density at radius 3 is 2.67 bits per heavy atom. The van der Waals surface area contributed by atoms with Crippen molar-refractivity contribution in [1.82, 2.24) is 10.0 Å². The molecule has 0 aliphatic heterocycles. The number of nitrogens with two attached hydrogens (primary N) is 1. The molecule has 2 atom stereocenters. The second-order valence-corrected chi connectivity index (χ2v) is 6.92. The minimum atomic E-state index is -3.28. The van der Waals surface area contributed by atoms with Gasteiger partial charge in [0.2, 0.25) is 15.9 Å². The van der Waals surface area contributed by atoms with Crippen LogP contribution in [0.2, 0.25) is 0 Å². The molecule has 18 heavy (non-hydrogen) atoms. The SMILES string of the molecule is CCNS(=O)(=O)CCNC(=O)C1(C)CCCC1N. The molecule has 0 aromatic carbocycles. The van der Waals surface area contributed by atoms with Gasteiger partial charge in [-0.15, -0.1) is 0 Å². The molecule has 1 rings (SSSR count). The third-order valence-electron chi connectivity index (χ3n) is 3.57. The van der Waals surface area contributed by atoms with Crippen LogP contribution >= 0.6 is 0 Å².